The SMILES string of the molecule is CC1CCc2c(sc(NC(=O)COC(=O)c3ncc(Cl)c(Cl)c3Cl)c2C#N)C1. The van der Waals surface area contributed by atoms with E-state index < -0.39 is 18.5 Å². The van der Waals surface area contributed by atoms with Crippen molar-refractivity contribution in [1.82, 2.24) is 4.98 Å². The van der Waals surface area contributed by atoms with Crippen LogP contribution in [0.15, 0.2) is 6.20 Å². The van der Waals surface area contributed by atoms with E-state index in [4.69, 9.17) is 39.5 Å². The van der Waals surface area contributed by atoms with Gasteiger partial charge in [0.15, 0.2) is 12.3 Å². The summed E-state index contributed by atoms with van der Waals surface area (Å²) in [5.41, 5.74) is 1.26. The number of hydrogen-bond acceptors (Lipinski definition) is 6. The van der Waals surface area contributed by atoms with Crippen LogP contribution in [0.2, 0.25) is 15.1 Å². The van der Waals surface area contributed by atoms with Gasteiger partial charge in [0.25, 0.3) is 5.91 Å². The van der Waals surface area contributed by atoms with Crippen LogP contribution in [0.5, 0.6) is 0 Å². The number of pyridine rings is 1. The number of fused-ring (bicyclic) bond motifs is 1. The first-order valence-corrected chi connectivity index (χ1v) is 10.3. The van der Waals surface area contributed by atoms with E-state index in [1.54, 1.807) is 0 Å². The number of ether oxygens (including phenoxy) is 1. The fraction of sp³-hybridized carbons (Fsp3) is 0.333. The molecular formula is C18H14Cl3N3O3S. The largest absolute Gasteiger partial charge is 0.451 e. The highest BCUT2D eigenvalue weighted by molar-refractivity contribution is 7.16. The van der Waals surface area contributed by atoms with Crippen molar-refractivity contribution in [3.8, 4) is 6.07 Å². The minimum Gasteiger partial charge on any atom is -0.451 e. The van der Waals surface area contributed by atoms with Gasteiger partial charge in [-0.15, -0.1) is 11.3 Å². The first kappa shape index (κ1) is 20.9. The molecule has 3 rings (SSSR count). The Bertz CT molecular complexity index is 1000. The van der Waals surface area contributed by atoms with E-state index in [0.717, 1.165) is 29.7 Å². The van der Waals surface area contributed by atoms with Crippen molar-refractivity contribution < 1.29 is 14.3 Å². The molecule has 0 spiro atoms. The molecule has 0 radical (unpaired) electrons. The quantitative estimate of drug-likeness (QED) is 0.658. The Labute approximate surface area is 180 Å². The zero-order valence-corrected chi connectivity index (χ0v) is 17.7. The molecule has 0 aliphatic heterocycles. The number of carbonyl (C=O) groups is 2. The fourth-order valence-electron chi connectivity index (χ4n) is 2.90. The second kappa shape index (κ2) is 8.66. The standard InChI is InChI=1S/C18H14Cl3N3O3S/c1-8-2-3-9-10(5-22)17(28-12(9)4-8)24-13(25)7-27-18(26)16-15(21)14(20)11(19)6-23-16/h6,8H,2-4,7H2,1H3,(H,24,25). The summed E-state index contributed by atoms with van der Waals surface area (Å²) < 4.78 is 4.95. The zero-order valence-electron chi connectivity index (χ0n) is 14.6. The minimum atomic E-state index is -0.904. The number of rotatable bonds is 4. The topological polar surface area (TPSA) is 92.1 Å². The van der Waals surface area contributed by atoms with E-state index in [9.17, 15) is 14.9 Å². The van der Waals surface area contributed by atoms with Gasteiger partial charge in [-0.25, -0.2) is 9.78 Å². The lowest BCUT2D eigenvalue weighted by Gasteiger charge is -2.17. The van der Waals surface area contributed by atoms with Gasteiger partial charge >= 0.3 is 5.97 Å². The van der Waals surface area contributed by atoms with Crippen molar-refractivity contribution in [2.24, 2.45) is 5.92 Å². The zero-order chi connectivity index (χ0) is 20.4. The third-order valence-electron chi connectivity index (χ3n) is 4.32. The minimum absolute atomic E-state index is 0.0215. The lowest BCUT2D eigenvalue weighted by atomic mass is 9.89. The number of halogens is 3. The number of carbonyl (C=O) groups excluding carboxylic acids is 2. The molecule has 0 bridgehead atoms. The summed E-state index contributed by atoms with van der Waals surface area (Å²) in [5.74, 6) is -0.920. The number of nitriles is 1. The summed E-state index contributed by atoms with van der Waals surface area (Å²) in [6.45, 7) is 1.61. The summed E-state index contributed by atoms with van der Waals surface area (Å²) in [5, 5.41) is 12.5. The summed E-state index contributed by atoms with van der Waals surface area (Å²) in [6, 6.07) is 2.17. The van der Waals surface area contributed by atoms with Gasteiger partial charge < -0.3 is 10.1 Å². The van der Waals surface area contributed by atoms with Crippen LogP contribution in [-0.2, 0) is 22.4 Å². The maximum Gasteiger partial charge on any atom is 0.359 e. The molecule has 28 heavy (non-hydrogen) atoms. The third-order valence-corrected chi connectivity index (χ3v) is 6.73. The number of nitrogens with zero attached hydrogens (tertiary/aromatic N) is 2. The number of anilines is 1. The molecule has 146 valence electrons. The van der Waals surface area contributed by atoms with Crippen LogP contribution >= 0.6 is 46.1 Å². The molecule has 1 amide bonds. The number of thiophene rings is 1. The summed E-state index contributed by atoms with van der Waals surface area (Å²) in [4.78, 5) is 29.2. The number of hydrogen-bond donors (Lipinski definition) is 1. The van der Waals surface area contributed by atoms with Crippen LogP contribution in [0, 0.1) is 17.2 Å². The van der Waals surface area contributed by atoms with Crippen molar-refractivity contribution in [2.75, 3.05) is 11.9 Å². The van der Waals surface area contributed by atoms with E-state index in [2.05, 4.69) is 23.3 Å². The van der Waals surface area contributed by atoms with Crippen LogP contribution < -0.4 is 5.32 Å². The molecule has 2 heterocycles. The average molecular weight is 459 g/mol. The lowest BCUT2D eigenvalue weighted by molar-refractivity contribution is -0.119. The van der Waals surface area contributed by atoms with Crippen LogP contribution in [0.1, 0.15) is 39.8 Å². The molecule has 1 unspecified atom stereocenters. The Morgan fingerprint density at radius 1 is 1.39 bits per heavy atom. The Balaban J connectivity index is 1.66. The highest BCUT2D eigenvalue weighted by Gasteiger charge is 2.25. The van der Waals surface area contributed by atoms with Gasteiger partial charge in [-0.1, -0.05) is 41.7 Å². The van der Waals surface area contributed by atoms with Gasteiger partial charge in [0.1, 0.15) is 11.1 Å². The normalized spacial score (nSPS) is 15.5. The van der Waals surface area contributed by atoms with Crippen molar-refractivity contribution in [2.45, 2.75) is 26.2 Å². The van der Waals surface area contributed by atoms with Gasteiger partial charge in [-0.2, -0.15) is 5.26 Å². The smallest absolute Gasteiger partial charge is 0.359 e. The van der Waals surface area contributed by atoms with Crippen molar-refractivity contribution in [1.29, 1.82) is 5.26 Å². The van der Waals surface area contributed by atoms with E-state index in [1.807, 2.05) is 0 Å². The number of esters is 1. The lowest BCUT2D eigenvalue weighted by Crippen LogP contribution is -2.21. The Kier molecular flexibility index (Phi) is 6.46. The van der Waals surface area contributed by atoms with Gasteiger partial charge in [0, 0.05) is 11.1 Å². The summed E-state index contributed by atoms with van der Waals surface area (Å²) in [7, 11) is 0. The van der Waals surface area contributed by atoms with E-state index in [-0.39, 0.29) is 20.8 Å². The Morgan fingerprint density at radius 2 is 2.14 bits per heavy atom. The fourth-order valence-corrected chi connectivity index (χ4v) is 4.84. The van der Waals surface area contributed by atoms with Crippen molar-refractivity contribution in [3.63, 3.8) is 0 Å². The number of amides is 1. The van der Waals surface area contributed by atoms with Crippen molar-refractivity contribution >= 4 is 63.0 Å². The first-order chi connectivity index (χ1) is 13.3. The van der Waals surface area contributed by atoms with E-state index >= 15 is 0 Å². The van der Waals surface area contributed by atoms with Gasteiger partial charge in [-0.3, -0.25) is 4.79 Å². The second-order valence-corrected chi connectivity index (χ2v) is 8.64. The highest BCUT2D eigenvalue weighted by Crippen LogP contribution is 2.39. The molecule has 0 fully saturated rings. The van der Waals surface area contributed by atoms with Gasteiger partial charge in [0.05, 0.1) is 20.6 Å². The molecule has 1 aliphatic rings. The van der Waals surface area contributed by atoms with E-state index in [1.165, 1.54) is 17.5 Å². The second-order valence-electron chi connectivity index (χ2n) is 6.37. The molecule has 2 aromatic heterocycles. The Hall–Kier alpha value is -1.85. The first-order valence-electron chi connectivity index (χ1n) is 8.32. The monoisotopic (exact) mass is 457 g/mol. The maximum absolute atomic E-state index is 12.2. The van der Waals surface area contributed by atoms with Gasteiger partial charge in [0.2, 0.25) is 0 Å². The van der Waals surface area contributed by atoms with Crippen molar-refractivity contribution in [3.05, 3.63) is 43.0 Å². The molecular weight excluding hydrogens is 445 g/mol. The predicted molar refractivity (Wildman–Crippen MR) is 108 cm³/mol. The molecule has 0 aromatic carbocycles. The molecule has 10 heteroatoms. The Morgan fingerprint density at radius 3 is 2.86 bits per heavy atom. The highest BCUT2D eigenvalue weighted by atomic mass is 35.5. The predicted octanol–water partition coefficient (Wildman–Crippen LogP) is 4.90. The van der Waals surface area contributed by atoms with E-state index in [0.29, 0.717) is 16.5 Å². The molecule has 0 saturated heterocycles. The van der Waals surface area contributed by atoms with Crippen LogP contribution in [0.3, 0.4) is 0 Å². The van der Waals surface area contributed by atoms with Gasteiger partial charge in [-0.05, 0) is 30.7 Å². The number of aromatic nitrogens is 1. The molecule has 1 N–H and O–H groups in total. The average Bonchev–Trinajstić information content (AvgIpc) is 3.00. The molecule has 0 saturated carbocycles. The molecule has 2 aromatic rings. The summed E-state index contributed by atoms with van der Waals surface area (Å²) >= 11 is 19.0. The molecule has 1 aliphatic carbocycles. The third kappa shape index (κ3) is 4.26. The van der Waals surface area contributed by atoms with Crippen LogP contribution in [0.25, 0.3) is 0 Å². The molecule has 6 nitrogen and oxygen atoms in total. The number of nitrogens with one attached hydrogen (secondary N) is 1. The summed E-state index contributed by atoms with van der Waals surface area (Å²) in [6.07, 6.45) is 3.90. The molecule has 1 atom stereocenters. The van der Waals surface area contributed by atoms with Crippen LogP contribution in [-0.4, -0.2) is 23.5 Å². The maximum atomic E-state index is 12.2. The van der Waals surface area contributed by atoms with Crippen LogP contribution in [0.4, 0.5) is 5.00 Å².